The first-order chi connectivity index (χ1) is 14.3. The molecule has 30 heavy (non-hydrogen) atoms. The molecule has 0 radical (unpaired) electrons. The maximum Gasteiger partial charge on any atom is 0.243 e. The SMILES string of the molecule is CCCN(CCC)C(=O)CCCC(=O)N1CCN(S(=O)(=O)c2ccc(C)cc2)CC1. The third-order valence-electron chi connectivity index (χ3n) is 5.37. The zero-order valence-electron chi connectivity index (χ0n) is 18.5. The van der Waals surface area contributed by atoms with Crippen molar-refractivity contribution in [1.29, 1.82) is 0 Å². The van der Waals surface area contributed by atoms with Crippen molar-refractivity contribution in [3.63, 3.8) is 0 Å². The minimum atomic E-state index is -3.53. The number of carbonyl (C=O) groups is 2. The summed E-state index contributed by atoms with van der Waals surface area (Å²) >= 11 is 0. The highest BCUT2D eigenvalue weighted by molar-refractivity contribution is 7.89. The summed E-state index contributed by atoms with van der Waals surface area (Å²) in [7, 11) is -3.53. The van der Waals surface area contributed by atoms with Crippen molar-refractivity contribution in [2.24, 2.45) is 0 Å². The number of hydrogen-bond acceptors (Lipinski definition) is 4. The van der Waals surface area contributed by atoms with E-state index in [1.165, 1.54) is 4.31 Å². The lowest BCUT2D eigenvalue weighted by molar-refractivity contribution is -0.133. The van der Waals surface area contributed by atoms with E-state index in [0.717, 1.165) is 31.5 Å². The molecule has 1 saturated heterocycles. The maximum absolute atomic E-state index is 12.8. The zero-order chi connectivity index (χ0) is 22.1. The normalized spacial score (nSPS) is 15.2. The van der Waals surface area contributed by atoms with Crippen molar-refractivity contribution in [1.82, 2.24) is 14.1 Å². The number of benzene rings is 1. The van der Waals surface area contributed by atoms with Crippen LogP contribution in [0.4, 0.5) is 0 Å². The van der Waals surface area contributed by atoms with Crippen molar-refractivity contribution in [2.45, 2.75) is 57.8 Å². The van der Waals surface area contributed by atoms with Crippen molar-refractivity contribution in [3.8, 4) is 0 Å². The summed E-state index contributed by atoms with van der Waals surface area (Å²) in [6.07, 6.45) is 3.10. The van der Waals surface area contributed by atoms with E-state index in [4.69, 9.17) is 0 Å². The van der Waals surface area contributed by atoms with Crippen LogP contribution in [0, 0.1) is 6.92 Å². The smallest absolute Gasteiger partial charge is 0.243 e. The first-order valence-corrected chi connectivity index (χ1v) is 12.4. The molecule has 1 aliphatic rings. The first-order valence-electron chi connectivity index (χ1n) is 10.9. The minimum absolute atomic E-state index is 0.00674. The van der Waals surface area contributed by atoms with E-state index in [0.29, 0.717) is 45.4 Å². The molecule has 2 rings (SSSR count). The van der Waals surface area contributed by atoms with E-state index in [2.05, 4.69) is 13.8 Å². The summed E-state index contributed by atoms with van der Waals surface area (Å²) in [5.41, 5.74) is 1.01. The Morgan fingerprint density at radius 1 is 0.933 bits per heavy atom. The van der Waals surface area contributed by atoms with Crippen LogP contribution in [-0.2, 0) is 19.6 Å². The Balaban J connectivity index is 1.80. The number of amides is 2. The van der Waals surface area contributed by atoms with Gasteiger partial charge in [-0.05, 0) is 38.3 Å². The molecule has 0 aliphatic carbocycles. The van der Waals surface area contributed by atoms with E-state index >= 15 is 0 Å². The van der Waals surface area contributed by atoms with Crippen molar-refractivity contribution in [3.05, 3.63) is 29.8 Å². The molecule has 8 heteroatoms. The highest BCUT2D eigenvalue weighted by Gasteiger charge is 2.30. The molecule has 168 valence electrons. The van der Waals surface area contributed by atoms with Gasteiger partial charge in [-0.2, -0.15) is 4.31 Å². The molecular formula is C22H35N3O4S. The predicted octanol–water partition coefficient (Wildman–Crippen LogP) is 2.65. The second-order valence-corrected chi connectivity index (χ2v) is 9.77. The summed E-state index contributed by atoms with van der Waals surface area (Å²) in [4.78, 5) is 28.7. The van der Waals surface area contributed by atoms with Crippen LogP contribution in [0.2, 0.25) is 0 Å². The summed E-state index contributed by atoms with van der Waals surface area (Å²) < 4.78 is 27.0. The predicted molar refractivity (Wildman–Crippen MR) is 118 cm³/mol. The fourth-order valence-electron chi connectivity index (χ4n) is 3.65. The molecule has 1 heterocycles. The molecule has 2 amide bonds. The number of rotatable bonds is 10. The van der Waals surface area contributed by atoms with E-state index in [9.17, 15) is 18.0 Å². The number of aryl methyl sites for hydroxylation is 1. The third-order valence-corrected chi connectivity index (χ3v) is 7.28. The van der Waals surface area contributed by atoms with Crippen molar-refractivity contribution >= 4 is 21.8 Å². The van der Waals surface area contributed by atoms with Crippen LogP contribution in [-0.4, -0.2) is 73.6 Å². The van der Waals surface area contributed by atoms with Crippen LogP contribution in [0.5, 0.6) is 0 Å². The number of piperazine rings is 1. The standard InChI is InChI=1S/C22H35N3O4S/c1-4-13-23(14-5-2)21(26)7-6-8-22(27)24-15-17-25(18-16-24)30(28,29)20-11-9-19(3)10-12-20/h9-12H,4-8,13-18H2,1-3H3. The van der Waals surface area contributed by atoms with Gasteiger partial charge in [-0.25, -0.2) is 8.42 Å². The lowest BCUT2D eigenvalue weighted by Gasteiger charge is -2.34. The molecule has 0 aromatic heterocycles. The van der Waals surface area contributed by atoms with Gasteiger partial charge in [-0.3, -0.25) is 9.59 Å². The van der Waals surface area contributed by atoms with Gasteiger partial charge in [0, 0.05) is 52.1 Å². The average molecular weight is 438 g/mol. The minimum Gasteiger partial charge on any atom is -0.343 e. The number of hydrogen-bond donors (Lipinski definition) is 0. The highest BCUT2D eigenvalue weighted by atomic mass is 32.2. The monoisotopic (exact) mass is 437 g/mol. The fraction of sp³-hybridized carbons (Fsp3) is 0.636. The largest absolute Gasteiger partial charge is 0.343 e. The van der Waals surface area contributed by atoms with Gasteiger partial charge in [-0.1, -0.05) is 31.5 Å². The fourth-order valence-corrected chi connectivity index (χ4v) is 5.07. The van der Waals surface area contributed by atoms with Crippen LogP contribution >= 0.6 is 0 Å². The maximum atomic E-state index is 12.8. The van der Waals surface area contributed by atoms with Gasteiger partial charge in [0.25, 0.3) is 0 Å². The van der Waals surface area contributed by atoms with Crippen LogP contribution in [0.1, 0.15) is 51.5 Å². The van der Waals surface area contributed by atoms with Crippen molar-refractivity contribution in [2.75, 3.05) is 39.3 Å². The lowest BCUT2D eigenvalue weighted by Crippen LogP contribution is -2.50. The molecule has 7 nitrogen and oxygen atoms in total. The van der Waals surface area contributed by atoms with E-state index in [-0.39, 0.29) is 16.7 Å². The zero-order valence-corrected chi connectivity index (χ0v) is 19.3. The Kier molecular flexibility index (Phi) is 9.30. The Labute approximate surface area is 181 Å². The van der Waals surface area contributed by atoms with Gasteiger partial charge in [0.15, 0.2) is 0 Å². The summed E-state index contributed by atoms with van der Waals surface area (Å²) in [5.74, 6) is 0.105. The average Bonchev–Trinajstić information content (AvgIpc) is 2.73. The highest BCUT2D eigenvalue weighted by Crippen LogP contribution is 2.18. The Morgan fingerprint density at radius 2 is 1.50 bits per heavy atom. The van der Waals surface area contributed by atoms with Gasteiger partial charge >= 0.3 is 0 Å². The molecule has 1 aromatic rings. The molecule has 0 spiro atoms. The topological polar surface area (TPSA) is 78.0 Å². The number of nitrogens with zero attached hydrogens (tertiary/aromatic N) is 3. The Bertz CT molecular complexity index is 794. The second kappa shape index (κ2) is 11.5. The van der Waals surface area contributed by atoms with Gasteiger partial charge in [-0.15, -0.1) is 0 Å². The molecule has 0 N–H and O–H groups in total. The van der Waals surface area contributed by atoms with Crippen LogP contribution < -0.4 is 0 Å². The molecule has 1 aliphatic heterocycles. The molecule has 0 saturated carbocycles. The molecule has 0 bridgehead atoms. The lowest BCUT2D eigenvalue weighted by atomic mass is 10.2. The van der Waals surface area contributed by atoms with E-state index < -0.39 is 10.0 Å². The summed E-state index contributed by atoms with van der Waals surface area (Å²) in [6, 6.07) is 6.82. The second-order valence-electron chi connectivity index (χ2n) is 7.83. The molecular weight excluding hydrogens is 402 g/mol. The molecule has 1 aromatic carbocycles. The molecule has 0 unspecified atom stereocenters. The molecule has 0 atom stereocenters. The third kappa shape index (κ3) is 6.54. The number of sulfonamides is 1. The summed E-state index contributed by atoms with van der Waals surface area (Å²) in [6.45, 7) is 8.90. The Hall–Kier alpha value is -1.93. The Morgan fingerprint density at radius 3 is 2.03 bits per heavy atom. The van der Waals surface area contributed by atoms with E-state index in [1.807, 2.05) is 11.8 Å². The quantitative estimate of drug-likeness (QED) is 0.564. The van der Waals surface area contributed by atoms with Crippen LogP contribution in [0.3, 0.4) is 0 Å². The van der Waals surface area contributed by atoms with Gasteiger partial charge in [0.2, 0.25) is 21.8 Å². The van der Waals surface area contributed by atoms with Gasteiger partial charge in [0.05, 0.1) is 4.90 Å². The van der Waals surface area contributed by atoms with E-state index in [1.54, 1.807) is 29.2 Å². The van der Waals surface area contributed by atoms with Crippen molar-refractivity contribution < 1.29 is 18.0 Å². The number of carbonyl (C=O) groups excluding carboxylic acids is 2. The summed E-state index contributed by atoms with van der Waals surface area (Å²) in [5, 5.41) is 0. The molecule has 1 fully saturated rings. The van der Waals surface area contributed by atoms with Gasteiger partial charge < -0.3 is 9.80 Å². The van der Waals surface area contributed by atoms with Crippen LogP contribution in [0.25, 0.3) is 0 Å². The van der Waals surface area contributed by atoms with Crippen LogP contribution in [0.15, 0.2) is 29.2 Å². The first kappa shape index (κ1) is 24.3. The van der Waals surface area contributed by atoms with Gasteiger partial charge in [0.1, 0.15) is 0 Å².